The molecule has 0 radical (unpaired) electrons. The van der Waals surface area contributed by atoms with Crippen molar-refractivity contribution in [3.8, 4) is 5.75 Å². The summed E-state index contributed by atoms with van der Waals surface area (Å²) in [5.41, 5.74) is 11.2. The fourth-order valence-corrected chi connectivity index (χ4v) is 3.04. The van der Waals surface area contributed by atoms with Crippen molar-refractivity contribution in [1.29, 1.82) is 0 Å². The lowest BCUT2D eigenvalue weighted by Crippen LogP contribution is -2.14. The minimum atomic E-state index is 0.526. The summed E-state index contributed by atoms with van der Waals surface area (Å²) >= 11 is 7.71. The number of thioether (sulfide) groups is 1. The third-order valence-electron chi connectivity index (χ3n) is 3.57. The van der Waals surface area contributed by atoms with E-state index in [0.717, 1.165) is 22.3 Å². The molecular formula is C17H19ClN2OS. The van der Waals surface area contributed by atoms with Crippen LogP contribution < -0.4 is 10.5 Å². The first kappa shape index (κ1) is 16.7. The first-order chi connectivity index (χ1) is 10.5. The molecule has 1 aliphatic rings. The maximum Gasteiger partial charge on any atom is 0.131 e. The summed E-state index contributed by atoms with van der Waals surface area (Å²) < 4.78 is 5.45. The van der Waals surface area contributed by atoms with Gasteiger partial charge in [-0.3, -0.25) is 0 Å². The standard InChI is InChI=1S/C17H19ClN2OS/c1-10(9-22-4)11(2)16-14(8-20-17(16)19)13-6-5-12(18)7-15(13)21-3/h5-9H,1-4H3,(H2,19,20)/b10-9+,16-11+. The van der Waals surface area contributed by atoms with Crippen LogP contribution in [0.25, 0.3) is 5.57 Å². The molecule has 0 aromatic heterocycles. The smallest absolute Gasteiger partial charge is 0.131 e. The van der Waals surface area contributed by atoms with Crippen molar-refractivity contribution in [1.82, 2.24) is 0 Å². The van der Waals surface area contributed by atoms with Crippen LogP contribution in [-0.2, 0) is 0 Å². The van der Waals surface area contributed by atoms with E-state index in [0.29, 0.717) is 16.6 Å². The summed E-state index contributed by atoms with van der Waals surface area (Å²) in [7, 11) is 1.63. The van der Waals surface area contributed by atoms with Crippen LogP contribution in [0.2, 0.25) is 5.02 Å². The van der Waals surface area contributed by atoms with Crippen molar-refractivity contribution >= 4 is 34.8 Å². The number of halogens is 1. The number of ether oxygens (including phenoxy) is 1. The highest BCUT2D eigenvalue weighted by Crippen LogP contribution is 2.38. The van der Waals surface area contributed by atoms with E-state index in [1.54, 1.807) is 31.1 Å². The number of methoxy groups -OCH3 is 1. The molecule has 0 unspecified atom stereocenters. The fourth-order valence-electron chi connectivity index (χ4n) is 2.35. The molecule has 2 rings (SSSR count). The van der Waals surface area contributed by atoms with Crippen LogP contribution in [-0.4, -0.2) is 19.2 Å². The van der Waals surface area contributed by atoms with Gasteiger partial charge in [0.05, 0.1) is 7.11 Å². The molecule has 0 atom stereocenters. The summed E-state index contributed by atoms with van der Waals surface area (Å²) in [6.07, 6.45) is 3.82. The maximum absolute atomic E-state index is 6.10. The zero-order valence-corrected chi connectivity index (χ0v) is 14.7. The fraction of sp³-hybridized carbons (Fsp3) is 0.235. The Kier molecular flexibility index (Phi) is 5.37. The molecule has 5 heteroatoms. The molecule has 1 heterocycles. The predicted molar refractivity (Wildman–Crippen MR) is 97.6 cm³/mol. The van der Waals surface area contributed by atoms with E-state index in [4.69, 9.17) is 22.1 Å². The van der Waals surface area contributed by atoms with Gasteiger partial charge in [-0.1, -0.05) is 11.6 Å². The number of amidine groups is 1. The van der Waals surface area contributed by atoms with Crippen LogP contribution in [0.3, 0.4) is 0 Å². The average molecular weight is 335 g/mol. The number of nitrogens with two attached hydrogens (primary N) is 1. The quantitative estimate of drug-likeness (QED) is 0.872. The lowest BCUT2D eigenvalue weighted by Gasteiger charge is -2.15. The van der Waals surface area contributed by atoms with E-state index in [9.17, 15) is 0 Å². The second-order valence-corrected chi connectivity index (χ2v) is 6.08. The van der Waals surface area contributed by atoms with Crippen molar-refractivity contribution in [3.05, 3.63) is 57.1 Å². The summed E-state index contributed by atoms with van der Waals surface area (Å²) in [5, 5.41) is 2.73. The number of allylic oxidation sites excluding steroid dienone is 2. The molecule has 116 valence electrons. The molecule has 1 aliphatic heterocycles. The first-order valence-corrected chi connectivity index (χ1v) is 8.45. The number of hydrogen-bond donors (Lipinski definition) is 1. The van der Waals surface area contributed by atoms with E-state index >= 15 is 0 Å². The summed E-state index contributed by atoms with van der Waals surface area (Å²) in [6.45, 7) is 4.13. The van der Waals surface area contributed by atoms with Gasteiger partial charge < -0.3 is 10.5 Å². The number of aliphatic imine (C=N–C) groups is 1. The van der Waals surface area contributed by atoms with Gasteiger partial charge in [-0.2, -0.15) is 0 Å². The normalized spacial score (nSPS) is 17.2. The molecule has 0 amide bonds. The molecule has 0 spiro atoms. The second-order valence-electron chi connectivity index (χ2n) is 4.94. The highest BCUT2D eigenvalue weighted by molar-refractivity contribution is 8.01. The van der Waals surface area contributed by atoms with E-state index < -0.39 is 0 Å². The van der Waals surface area contributed by atoms with Gasteiger partial charge in [-0.05, 0) is 54.9 Å². The topological polar surface area (TPSA) is 47.6 Å². The summed E-state index contributed by atoms with van der Waals surface area (Å²) in [5.74, 6) is 1.24. The van der Waals surface area contributed by atoms with Gasteiger partial charge in [0.15, 0.2) is 0 Å². The minimum absolute atomic E-state index is 0.526. The van der Waals surface area contributed by atoms with Gasteiger partial charge in [0, 0.05) is 27.9 Å². The Balaban J connectivity index is 2.58. The van der Waals surface area contributed by atoms with Crippen LogP contribution >= 0.6 is 23.4 Å². The molecule has 0 saturated heterocycles. The molecule has 3 nitrogen and oxygen atoms in total. The maximum atomic E-state index is 6.10. The molecule has 0 aliphatic carbocycles. The van der Waals surface area contributed by atoms with E-state index in [2.05, 4.69) is 24.2 Å². The molecule has 0 saturated carbocycles. The van der Waals surface area contributed by atoms with Crippen LogP contribution in [0.1, 0.15) is 19.4 Å². The van der Waals surface area contributed by atoms with E-state index in [1.165, 1.54) is 5.57 Å². The lowest BCUT2D eigenvalue weighted by molar-refractivity contribution is 0.413. The number of rotatable bonds is 4. The zero-order chi connectivity index (χ0) is 16.3. The van der Waals surface area contributed by atoms with Gasteiger partial charge in [0.25, 0.3) is 0 Å². The SMILES string of the molecule is COc1cc(Cl)ccc1C1=CN=C(N)/C1=C(C)/C(C)=C/SC. The van der Waals surface area contributed by atoms with Crippen LogP contribution in [0, 0.1) is 0 Å². The summed E-state index contributed by atoms with van der Waals surface area (Å²) in [6, 6.07) is 5.57. The van der Waals surface area contributed by atoms with Crippen molar-refractivity contribution in [3.63, 3.8) is 0 Å². The van der Waals surface area contributed by atoms with E-state index in [1.807, 2.05) is 18.4 Å². The van der Waals surface area contributed by atoms with Crippen LogP contribution in [0.4, 0.5) is 0 Å². The van der Waals surface area contributed by atoms with E-state index in [-0.39, 0.29) is 0 Å². The number of hydrogen-bond acceptors (Lipinski definition) is 4. The Labute approximate surface area is 140 Å². The largest absolute Gasteiger partial charge is 0.496 e. The Bertz CT molecular complexity index is 717. The van der Waals surface area contributed by atoms with Crippen LogP contribution in [0.15, 0.2) is 51.5 Å². The third-order valence-corrected chi connectivity index (χ3v) is 4.40. The predicted octanol–water partition coefficient (Wildman–Crippen LogP) is 4.64. The van der Waals surface area contributed by atoms with Crippen LogP contribution in [0.5, 0.6) is 5.75 Å². The molecular weight excluding hydrogens is 316 g/mol. The van der Waals surface area contributed by atoms with Crippen molar-refractivity contribution in [2.75, 3.05) is 13.4 Å². The Morgan fingerprint density at radius 3 is 2.73 bits per heavy atom. The molecule has 1 aromatic carbocycles. The summed E-state index contributed by atoms with van der Waals surface area (Å²) in [4.78, 5) is 4.29. The third kappa shape index (κ3) is 3.23. The molecule has 0 fully saturated rings. The van der Waals surface area contributed by atoms with Gasteiger partial charge in [0.1, 0.15) is 11.6 Å². The van der Waals surface area contributed by atoms with Gasteiger partial charge in [-0.15, -0.1) is 11.8 Å². The second kappa shape index (κ2) is 7.07. The monoisotopic (exact) mass is 334 g/mol. The van der Waals surface area contributed by atoms with Crippen molar-refractivity contribution in [2.24, 2.45) is 10.7 Å². The van der Waals surface area contributed by atoms with Gasteiger partial charge in [0.2, 0.25) is 0 Å². The number of benzene rings is 1. The Morgan fingerprint density at radius 1 is 1.36 bits per heavy atom. The van der Waals surface area contributed by atoms with Crippen molar-refractivity contribution < 1.29 is 4.74 Å². The molecule has 0 bridgehead atoms. The first-order valence-electron chi connectivity index (χ1n) is 6.78. The average Bonchev–Trinajstić information content (AvgIpc) is 2.88. The highest BCUT2D eigenvalue weighted by Gasteiger charge is 2.22. The highest BCUT2D eigenvalue weighted by atomic mass is 35.5. The molecule has 22 heavy (non-hydrogen) atoms. The van der Waals surface area contributed by atoms with Crippen molar-refractivity contribution in [2.45, 2.75) is 13.8 Å². The molecule has 1 aromatic rings. The minimum Gasteiger partial charge on any atom is -0.496 e. The lowest BCUT2D eigenvalue weighted by atomic mass is 9.92. The Hall–Kier alpha value is -1.65. The van der Waals surface area contributed by atoms with Gasteiger partial charge >= 0.3 is 0 Å². The number of nitrogens with zero attached hydrogens (tertiary/aromatic N) is 1. The van der Waals surface area contributed by atoms with Gasteiger partial charge in [-0.25, -0.2) is 4.99 Å². The molecule has 2 N–H and O–H groups in total. The zero-order valence-electron chi connectivity index (χ0n) is 13.1. The Morgan fingerprint density at radius 2 is 2.09 bits per heavy atom.